The summed E-state index contributed by atoms with van der Waals surface area (Å²) in [7, 11) is 0. The van der Waals surface area contributed by atoms with Crippen LogP contribution in [0, 0.1) is 0 Å². The summed E-state index contributed by atoms with van der Waals surface area (Å²) in [6.07, 6.45) is 3.61. The summed E-state index contributed by atoms with van der Waals surface area (Å²) in [6, 6.07) is 55.6. The zero-order valence-electron chi connectivity index (χ0n) is 29.3. The first-order chi connectivity index (χ1) is 27.3. The molecule has 0 aliphatic rings. The van der Waals surface area contributed by atoms with Crippen LogP contribution in [0.1, 0.15) is 0 Å². The van der Waals surface area contributed by atoms with E-state index in [2.05, 4.69) is 166 Å². The van der Waals surface area contributed by atoms with Crippen molar-refractivity contribution in [2.45, 2.75) is 0 Å². The average Bonchev–Trinajstić information content (AvgIpc) is 3.92. The van der Waals surface area contributed by atoms with Crippen LogP contribution in [0.25, 0.3) is 109 Å². The lowest BCUT2D eigenvalue weighted by molar-refractivity contribution is 1.02. The lowest BCUT2D eigenvalue weighted by Crippen LogP contribution is -2.04. The van der Waals surface area contributed by atoms with Crippen LogP contribution < -0.4 is 0 Å². The third-order valence-electron chi connectivity index (χ3n) is 10.9. The first-order valence-corrected chi connectivity index (χ1v) is 19.1. The Balaban J connectivity index is 1.26. The summed E-state index contributed by atoms with van der Waals surface area (Å²) < 4.78 is 6.93. The molecule has 0 aliphatic carbocycles. The second-order valence-electron chi connectivity index (χ2n) is 13.9. The van der Waals surface area contributed by atoms with E-state index in [-0.39, 0.29) is 0 Å². The van der Waals surface area contributed by atoms with Crippen molar-refractivity contribution in [3.05, 3.63) is 170 Å². The zero-order valence-corrected chi connectivity index (χ0v) is 30.1. The van der Waals surface area contributed by atoms with E-state index < -0.39 is 0 Å². The summed E-state index contributed by atoms with van der Waals surface area (Å²) >= 11 is 1.75. The first-order valence-electron chi connectivity index (χ1n) is 18.3. The van der Waals surface area contributed by atoms with Crippen LogP contribution in [0.15, 0.2) is 170 Å². The highest BCUT2D eigenvalue weighted by atomic mass is 32.1. The van der Waals surface area contributed by atoms with Gasteiger partial charge < -0.3 is 4.57 Å². The highest BCUT2D eigenvalue weighted by Gasteiger charge is 2.28. The maximum atomic E-state index is 5.52. The van der Waals surface area contributed by atoms with Gasteiger partial charge in [0, 0.05) is 54.5 Å². The summed E-state index contributed by atoms with van der Waals surface area (Å²) in [4.78, 5) is 20.3. The molecule has 7 heteroatoms. The number of thiophene rings is 1. The van der Waals surface area contributed by atoms with Crippen LogP contribution in [0.3, 0.4) is 0 Å². The van der Waals surface area contributed by atoms with Gasteiger partial charge >= 0.3 is 0 Å². The number of fused-ring (bicyclic) bond motifs is 13. The van der Waals surface area contributed by atoms with Gasteiger partial charge in [0.05, 0.1) is 43.5 Å². The molecular formula is C48H28N6S. The molecule has 0 N–H and O–H groups in total. The van der Waals surface area contributed by atoms with Crippen molar-refractivity contribution in [3.63, 3.8) is 0 Å². The molecule has 5 heterocycles. The van der Waals surface area contributed by atoms with E-state index in [4.69, 9.17) is 15.0 Å². The highest BCUT2D eigenvalue weighted by molar-refractivity contribution is 7.27. The molecule has 5 aromatic heterocycles. The van der Waals surface area contributed by atoms with E-state index >= 15 is 0 Å². The number of hydrogen-bond donors (Lipinski definition) is 0. The fourth-order valence-electron chi connectivity index (χ4n) is 8.55. The van der Waals surface area contributed by atoms with Crippen molar-refractivity contribution in [1.82, 2.24) is 29.1 Å². The molecule has 0 saturated carbocycles. The van der Waals surface area contributed by atoms with Crippen LogP contribution in [-0.2, 0) is 0 Å². The van der Waals surface area contributed by atoms with Crippen molar-refractivity contribution in [1.29, 1.82) is 0 Å². The second-order valence-corrected chi connectivity index (χ2v) is 14.9. The minimum atomic E-state index is 0.630. The minimum Gasteiger partial charge on any atom is -0.308 e. The molecular weight excluding hydrogens is 693 g/mol. The standard InChI is InChI=1S/C48H28N6S/c1-3-13-29(14-4-1)30-23-25-31(26-24-30)43-33-17-7-10-20-36(33)51-48(52-43)54-38-22-12-9-19-35(38)41-45(54)40-34-18-8-11-21-37(34)53(32-15-5-2-6-16-32)46(40)42-44-39(55-47(41)42)27-49-28-50-44/h1-28H. The summed E-state index contributed by atoms with van der Waals surface area (Å²) in [6.45, 7) is 0. The highest BCUT2D eigenvalue weighted by Crippen LogP contribution is 2.50. The van der Waals surface area contributed by atoms with E-state index in [1.54, 1.807) is 17.7 Å². The Morgan fingerprint density at radius 2 is 1.07 bits per heavy atom. The largest absolute Gasteiger partial charge is 0.308 e. The fourth-order valence-corrected chi connectivity index (χ4v) is 9.74. The smallest absolute Gasteiger partial charge is 0.235 e. The molecule has 0 fully saturated rings. The van der Waals surface area contributed by atoms with Gasteiger partial charge in [0.15, 0.2) is 0 Å². The van der Waals surface area contributed by atoms with Crippen molar-refractivity contribution < 1.29 is 0 Å². The van der Waals surface area contributed by atoms with Crippen LogP contribution in [-0.4, -0.2) is 29.1 Å². The average molecular weight is 721 g/mol. The molecule has 0 spiro atoms. The number of nitrogens with zero attached hydrogens (tertiary/aromatic N) is 6. The van der Waals surface area contributed by atoms with E-state index in [1.807, 2.05) is 12.3 Å². The fraction of sp³-hybridized carbons (Fsp3) is 0. The molecule has 55 heavy (non-hydrogen) atoms. The normalized spacial score (nSPS) is 12.0. The lowest BCUT2D eigenvalue weighted by atomic mass is 10.0. The van der Waals surface area contributed by atoms with Crippen LogP contribution in [0.2, 0.25) is 0 Å². The van der Waals surface area contributed by atoms with Gasteiger partial charge in [0.2, 0.25) is 5.95 Å². The van der Waals surface area contributed by atoms with Gasteiger partial charge in [-0.2, -0.15) is 0 Å². The van der Waals surface area contributed by atoms with Gasteiger partial charge in [-0.05, 0) is 41.5 Å². The van der Waals surface area contributed by atoms with Crippen molar-refractivity contribution in [2.24, 2.45) is 0 Å². The topological polar surface area (TPSA) is 61.4 Å². The van der Waals surface area contributed by atoms with Crippen LogP contribution in [0.4, 0.5) is 0 Å². The Kier molecular flexibility index (Phi) is 6.40. The van der Waals surface area contributed by atoms with E-state index in [0.29, 0.717) is 5.95 Å². The third kappa shape index (κ3) is 4.35. The Hall–Kier alpha value is -7.22. The van der Waals surface area contributed by atoms with E-state index in [0.717, 1.165) is 81.7 Å². The van der Waals surface area contributed by atoms with Crippen LogP contribution >= 0.6 is 11.3 Å². The molecule has 256 valence electrons. The number of rotatable bonds is 4. The molecule has 0 radical (unpaired) electrons. The van der Waals surface area contributed by atoms with Gasteiger partial charge in [0.25, 0.3) is 0 Å². The Morgan fingerprint density at radius 3 is 1.85 bits per heavy atom. The molecule has 12 rings (SSSR count). The number of benzene rings is 7. The molecule has 0 atom stereocenters. The number of hydrogen-bond acceptors (Lipinski definition) is 5. The van der Waals surface area contributed by atoms with Crippen LogP contribution in [0.5, 0.6) is 0 Å². The molecule has 0 saturated heterocycles. The Labute approximate surface area is 318 Å². The van der Waals surface area contributed by atoms with Gasteiger partial charge in [-0.3, -0.25) is 4.57 Å². The molecule has 6 nitrogen and oxygen atoms in total. The van der Waals surface area contributed by atoms with Gasteiger partial charge in [-0.1, -0.05) is 127 Å². The van der Waals surface area contributed by atoms with Crippen molar-refractivity contribution in [3.8, 4) is 34.0 Å². The quantitative estimate of drug-likeness (QED) is 0.182. The van der Waals surface area contributed by atoms with Gasteiger partial charge in [-0.25, -0.2) is 19.9 Å². The van der Waals surface area contributed by atoms with E-state index in [9.17, 15) is 0 Å². The monoisotopic (exact) mass is 720 g/mol. The maximum absolute atomic E-state index is 5.52. The SMILES string of the molecule is c1ccc(-c2ccc(-c3nc(-n4c5ccccc5c5c6sc7cncnc7c6c6c(c7ccccc7n6-c6ccccc6)c54)nc4ccccc34)cc2)cc1. The number of para-hydroxylation sites is 4. The molecule has 0 amide bonds. The molecule has 0 aliphatic heterocycles. The predicted molar refractivity (Wildman–Crippen MR) is 228 cm³/mol. The van der Waals surface area contributed by atoms with Crippen molar-refractivity contribution >= 4 is 86.2 Å². The summed E-state index contributed by atoms with van der Waals surface area (Å²) in [5.74, 6) is 0.630. The first kappa shape index (κ1) is 30.3. The molecule has 7 aromatic carbocycles. The lowest BCUT2D eigenvalue weighted by Gasteiger charge is -2.13. The molecule has 0 bridgehead atoms. The van der Waals surface area contributed by atoms with Crippen molar-refractivity contribution in [2.75, 3.05) is 0 Å². The zero-order chi connectivity index (χ0) is 36.0. The van der Waals surface area contributed by atoms with E-state index in [1.165, 1.54) is 21.2 Å². The summed E-state index contributed by atoms with van der Waals surface area (Å²) in [5, 5.41) is 6.75. The molecule has 12 aromatic rings. The van der Waals surface area contributed by atoms with Gasteiger partial charge in [-0.15, -0.1) is 11.3 Å². The van der Waals surface area contributed by atoms with Gasteiger partial charge in [0.1, 0.15) is 6.33 Å². The Bertz CT molecular complexity index is 3470. The second kappa shape index (κ2) is 11.6. The predicted octanol–water partition coefficient (Wildman–Crippen LogP) is 12.3. The minimum absolute atomic E-state index is 0.630. The summed E-state index contributed by atoms with van der Waals surface area (Å²) in [5.41, 5.74) is 11.6. The maximum Gasteiger partial charge on any atom is 0.235 e. The third-order valence-corrected chi connectivity index (χ3v) is 12.0. The number of aromatic nitrogens is 6. The Morgan fingerprint density at radius 1 is 0.473 bits per heavy atom. The molecule has 0 unspecified atom stereocenters.